The van der Waals surface area contributed by atoms with Crippen LogP contribution < -0.4 is 0 Å². The summed E-state index contributed by atoms with van der Waals surface area (Å²) in [5.41, 5.74) is 3.05. The Bertz CT molecular complexity index is 317. The maximum Gasteiger partial charge on any atom is 0.00429 e. The van der Waals surface area contributed by atoms with Crippen molar-refractivity contribution in [2.45, 2.75) is 37.5 Å². The zero-order chi connectivity index (χ0) is 9.42. The van der Waals surface area contributed by atoms with Gasteiger partial charge in [0, 0.05) is 4.90 Å². The van der Waals surface area contributed by atoms with E-state index in [0.717, 1.165) is 16.7 Å². The van der Waals surface area contributed by atoms with Crippen LogP contribution >= 0.6 is 12.6 Å². The average Bonchev–Trinajstić information content (AvgIpc) is 2.12. The molecule has 1 aromatic carbocycles. The van der Waals surface area contributed by atoms with Gasteiger partial charge in [-0.15, -0.1) is 12.6 Å². The van der Waals surface area contributed by atoms with Gasteiger partial charge < -0.3 is 0 Å². The van der Waals surface area contributed by atoms with Crippen LogP contribution in [-0.2, 0) is 6.42 Å². The maximum absolute atomic E-state index is 4.37. The van der Waals surface area contributed by atoms with Crippen molar-refractivity contribution in [2.75, 3.05) is 0 Å². The van der Waals surface area contributed by atoms with E-state index in [-0.39, 0.29) is 0 Å². The third-order valence-corrected chi connectivity index (χ3v) is 3.62. The van der Waals surface area contributed by atoms with Crippen LogP contribution in [0.15, 0.2) is 23.1 Å². The molecule has 1 aromatic rings. The Kier molecular flexibility index (Phi) is 2.37. The predicted molar refractivity (Wildman–Crippen MR) is 59.6 cm³/mol. The molecule has 1 heteroatoms. The molecule has 0 radical (unpaired) electrons. The van der Waals surface area contributed by atoms with E-state index in [1.165, 1.54) is 24.0 Å². The normalized spacial score (nSPS) is 27.0. The van der Waals surface area contributed by atoms with Gasteiger partial charge in [0.25, 0.3) is 0 Å². The van der Waals surface area contributed by atoms with Gasteiger partial charge in [0.1, 0.15) is 0 Å². The Morgan fingerprint density at radius 3 is 2.85 bits per heavy atom. The summed E-state index contributed by atoms with van der Waals surface area (Å²) in [5.74, 6) is 1.55. The Hall–Kier alpha value is -0.430. The van der Waals surface area contributed by atoms with Gasteiger partial charge >= 0.3 is 0 Å². The minimum absolute atomic E-state index is 0.720. The quantitative estimate of drug-likeness (QED) is 0.596. The second kappa shape index (κ2) is 3.38. The summed E-state index contributed by atoms with van der Waals surface area (Å²) in [7, 11) is 0. The molecule has 0 aliphatic heterocycles. The zero-order valence-corrected chi connectivity index (χ0v) is 9.14. The van der Waals surface area contributed by atoms with Crippen molar-refractivity contribution >= 4 is 12.6 Å². The Balaban J connectivity index is 2.44. The molecule has 0 bridgehead atoms. The molecule has 2 atom stereocenters. The van der Waals surface area contributed by atoms with Crippen molar-refractivity contribution in [3.8, 4) is 0 Å². The third kappa shape index (κ3) is 1.62. The predicted octanol–water partition coefficient (Wildman–Crippen LogP) is 3.66. The summed E-state index contributed by atoms with van der Waals surface area (Å²) in [4.78, 5) is 1.10. The Morgan fingerprint density at radius 2 is 2.08 bits per heavy atom. The fraction of sp³-hybridized carbons (Fsp3) is 0.500. The molecule has 70 valence electrons. The summed E-state index contributed by atoms with van der Waals surface area (Å²) in [6.07, 6.45) is 2.56. The molecule has 1 aliphatic carbocycles. The summed E-state index contributed by atoms with van der Waals surface area (Å²) in [6.45, 7) is 4.68. The van der Waals surface area contributed by atoms with Gasteiger partial charge in [-0.1, -0.05) is 19.9 Å². The molecule has 0 aromatic heterocycles. The monoisotopic (exact) mass is 192 g/mol. The Labute approximate surface area is 85.8 Å². The molecule has 2 rings (SSSR count). The number of fused-ring (bicyclic) bond motifs is 1. The number of aryl methyl sites for hydroxylation is 1. The van der Waals surface area contributed by atoms with Crippen LogP contribution in [-0.4, -0.2) is 0 Å². The van der Waals surface area contributed by atoms with Crippen molar-refractivity contribution in [1.82, 2.24) is 0 Å². The van der Waals surface area contributed by atoms with Gasteiger partial charge in [-0.25, -0.2) is 0 Å². The summed E-state index contributed by atoms with van der Waals surface area (Å²) < 4.78 is 0. The molecular formula is C12H16S. The molecular weight excluding hydrogens is 176 g/mol. The first-order valence-electron chi connectivity index (χ1n) is 5.00. The molecule has 1 aliphatic rings. The van der Waals surface area contributed by atoms with Gasteiger partial charge in [-0.05, 0) is 47.9 Å². The lowest BCUT2D eigenvalue weighted by Gasteiger charge is -2.28. The van der Waals surface area contributed by atoms with E-state index < -0.39 is 0 Å². The van der Waals surface area contributed by atoms with Crippen molar-refractivity contribution < 1.29 is 0 Å². The topological polar surface area (TPSA) is 0 Å². The van der Waals surface area contributed by atoms with Crippen LogP contribution in [0.25, 0.3) is 0 Å². The van der Waals surface area contributed by atoms with Crippen LogP contribution in [0.1, 0.15) is 37.3 Å². The van der Waals surface area contributed by atoms with E-state index in [4.69, 9.17) is 0 Å². The highest BCUT2D eigenvalue weighted by Crippen LogP contribution is 2.36. The molecule has 0 heterocycles. The van der Waals surface area contributed by atoms with E-state index in [1.54, 1.807) is 0 Å². The highest BCUT2D eigenvalue weighted by Gasteiger charge is 2.22. The second-order valence-corrected chi connectivity index (χ2v) is 4.70. The molecule has 13 heavy (non-hydrogen) atoms. The summed E-state index contributed by atoms with van der Waals surface area (Å²) in [5, 5.41) is 0. The molecule has 0 amide bonds. The molecule has 0 saturated carbocycles. The van der Waals surface area contributed by atoms with Gasteiger partial charge in [0.15, 0.2) is 0 Å². The third-order valence-electron chi connectivity index (χ3n) is 3.34. The zero-order valence-electron chi connectivity index (χ0n) is 8.25. The lowest BCUT2D eigenvalue weighted by atomic mass is 9.77. The fourth-order valence-electron chi connectivity index (χ4n) is 2.19. The van der Waals surface area contributed by atoms with Gasteiger partial charge in [-0.3, -0.25) is 0 Å². The summed E-state index contributed by atoms with van der Waals surface area (Å²) in [6, 6.07) is 6.58. The minimum atomic E-state index is 0.720. The highest BCUT2D eigenvalue weighted by atomic mass is 32.1. The fourth-order valence-corrected chi connectivity index (χ4v) is 2.42. The lowest BCUT2D eigenvalue weighted by Crippen LogP contribution is -2.15. The largest absolute Gasteiger partial charge is 0.143 e. The molecule has 0 spiro atoms. The Morgan fingerprint density at radius 1 is 1.31 bits per heavy atom. The van der Waals surface area contributed by atoms with Crippen LogP contribution in [0, 0.1) is 5.92 Å². The van der Waals surface area contributed by atoms with Gasteiger partial charge in [0.05, 0.1) is 0 Å². The van der Waals surface area contributed by atoms with E-state index in [2.05, 4.69) is 44.7 Å². The van der Waals surface area contributed by atoms with Crippen LogP contribution in [0.2, 0.25) is 0 Å². The average molecular weight is 192 g/mol. The highest BCUT2D eigenvalue weighted by molar-refractivity contribution is 7.80. The molecule has 0 N–H and O–H groups in total. The van der Waals surface area contributed by atoms with E-state index >= 15 is 0 Å². The number of thiol groups is 1. The molecule has 2 unspecified atom stereocenters. The standard InChI is InChI=1S/C12H16S/c1-8-3-4-10-7-11(13)5-6-12(10)9(8)2/h5-9,13H,3-4H2,1-2H3. The summed E-state index contributed by atoms with van der Waals surface area (Å²) >= 11 is 4.37. The van der Waals surface area contributed by atoms with E-state index in [9.17, 15) is 0 Å². The van der Waals surface area contributed by atoms with Crippen molar-refractivity contribution in [2.24, 2.45) is 5.92 Å². The first-order valence-corrected chi connectivity index (χ1v) is 5.45. The van der Waals surface area contributed by atoms with Gasteiger partial charge in [0.2, 0.25) is 0 Å². The number of hydrogen-bond acceptors (Lipinski definition) is 1. The van der Waals surface area contributed by atoms with Crippen LogP contribution in [0.5, 0.6) is 0 Å². The number of benzene rings is 1. The van der Waals surface area contributed by atoms with E-state index in [0.29, 0.717) is 0 Å². The number of rotatable bonds is 0. The van der Waals surface area contributed by atoms with Crippen molar-refractivity contribution in [3.05, 3.63) is 29.3 Å². The minimum Gasteiger partial charge on any atom is -0.143 e. The maximum atomic E-state index is 4.37. The SMILES string of the molecule is CC1CCc2cc(S)ccc2C1C. The molecule has 0 fully saturated rings. The van der Waals surface area contributed by atoms with Crippen molar-refractivity contribution in [3.63, 3.8) is 0 Å². The second-order valence-electron chi connectivity index (χ2n) is 4.19. The van der Waals surface area contributed by atoms with E-state index in [1.807, 2.05) is 0 Å². The van der Waals surface area contributed by atoms with Gasteiger partial charge in [-0.2, -0.15) is 0 Å². The first-order chi connectivity index (χ1) is 6.18. The van der Waals surface area contributed by atoms with Crippen molar-refractivity contribution in [1.29, 1.82) is 0 Å². The number of hydrogen-bond donors (Lipinski definition) is 1. The molecule has 0 saturated heterocycles. The van der Waals surface area contributed by atoms with Crippen LogP contribution in [0.4, 0.5) is 0 Å². The lowest BCUT2D eigenvalue weighted by molar-refractivity contribution is 0.425. The first kappa shape index (κ1) is 9.14. The smallest absolute Gasteiger partial charge is 0.00429 e. The van der Waals surface area contributed by atoms with Crippen LogP contribution in [0.3, 0.4) is 0 Å². The molecule has 0 nitrogen and oxygen atoms in total.